The van der Waals surface area contributed by atoms with Gasteiger partial charge >= 0.3 is 0 Å². The number of hydrogen-bond acceptors (Lipinski definition) is 1. The second kappa shape index (κ2) is 6.08. The molecule has 3 aromatic carbocycles. The molecule has 1 heteroatoms. The molecule has 1 nitrogen and oxygen atoms in total. The minimum absolute atomic E-state index is 0.0411. The van der Waals surface area contributed by atoms with Gasteiger partial charge in [-0.05, 0) is 50.8 Å². The Hall–Kier alpha value is -2.28. The average Bonchev–Trinajstić information content (AvgIpc) is 2.57. The quantitative estimate of drug-likeness (QED) is 0.533. The lowest BCUT2D eigenvalue weighted by molar-refractivity contribution is 0.489. The lowest BCUT2D eigenvalue weighted by atomic mass is 9.95. The average molecular weight is 303 g/mol. The highest BCUT2D eigenvalue weighted by Crippen LogP contribution is 2.39. The van der Waals surface area contributed by atoms with E-state index in [1.165, 1.54) is 27.7 Å². The van der Waals surface area contributed by atoms with Crippen molar-refractivity contribution in [1.29, 1.82) is 0 Å². The molecule has 118 valence electrons. The highest BCUT2D eigenvalue weighted by atomic mass is 15.2. The van der Waals surface area contributed by atoms with Gasteiger partial charge in [0, 0.05) is 22.3 Å². The summed E-state index contributed by atoms with van der Waals surface area (Å²) >= 11 is 0. The molecule has 0 radical (unpaired) electrons. The van der Waals surface area contributed by atoms with Crippen LogP contribution in [0.2, 0.25) is 0 Å². The minimum Gasteiger partial charge on any atom is -0.335 e. The molecular formula is C22H25N. The molecule has 0 fully saturated rings. The van der Waals surface area contributed by atoms with E-state index in [0.717, 1.165) is 6.42 Å². The third-order valence-electron chi connectivity index (χ3n) is 4.77. The van der Waals surface area contributed by atoms with Gasteiger partial charge in [0.2, 0.25) is 0 Å². The number of anilines is 2. The Labute approximate surface area is 139 Å². The van der Waals surface area contributed by atoms with E-state index in [-0.39, 0.29) is 5.54 Å². The monoisotopic (exact) mass is 303 g/mol. The summed E-state index contributed by atoms with van der Waals surface area (Å²) in [5.41, 5.74) is 3.86. The maximum absolute atomic E-state index is 2.48. The molecule has 3 aromatic rings. The molecule has 0 bridgehead atoms. The molecule has 0 saturated heterocycles. The van der Waals surface area contributed by atoms with Crippen molar-refractivity contribution in [3.05, 3.63) is 72.3 Å². The van der Waals surface area contributed by atoms with Crippen LogP contribution >= 0.6 is 0 Å². The number of rotatable bonds is 4. The smallest absolute Gasteiger partial charge is 0.0495 e. The summed E-state index contributed by atoms with van der Waals surface area (Å²) in [7, 11) is 0. The minimum atomic E-state index is 0.0411. The first kappa shape index (κ1) is 15.6. The Morgan fingerprint density at radius 1 is 0.826 bits per heavy atom. The predicted molar refractivity (Wildman–Crippen MR) is 102 cm³/mol. The van der Waals surface area contributed by atoms with Gasteiger partial charge in [0.05, 0.1) is 0 Å². The zero-order valence-electron chi connectivity index (χ0n) is 14.5. The first-order chi connectivity index (χ1) is 11.0. The Balaban J connectivity index is 2.24. The summed E-state index contributed by atoms with van der Waals surface area (Å²) in [5.74, 6) is 0. The summed E-state index contributed by atoms with van der Waals surface area (Å²) in [6.07, 6.45) is 1.07. The molecule has 0 spiro atoms. The molecule has 0 saturated carbocycles. The molecule has 0 aliphatic carbocycles. The summed E-state index contributed by atoms with van der Waals surface area (Å²) in [4.78, 5) is 2.48. The van der Waals surface area contributed by atoms with Crippen molar-refractivity contribution in [2.24, 2.45) is 0 Å². The van der Waals surface area contributed by atoms with Crippen molar-refractivity contribution < 1.29 is 0 Å². The van der Waals surface area contributed by atoms with Crippen molar-refractivity contribution in [3.63, 3.8) is 0 Å². The van der Waals surface area contributed by atoms with E-state index in [9.17, 15) is 0 Å². The maximum Gasteiger partial charge on any atom is 0.0495 e. The van der Waals surface area contributed by atoms with E-state index in [1.54, 1.807) is 0 Å². The lowest BCUT2D eigenvalue weighted by Crippen LogP contribution is -2.40. The van der Waals surface area contributed by atoms with Crippen molar-refractivity contribution in [3.8, 4) is 0 Å². The standard InChI is InChI=1S/C22H25N/c1-5-22(3,4)23(19-15-13-17(2)14-16-19)21-12-8-10-18-9-6-7-11-20(18)21/h6-16H,5H2,1-4H3. The fourth-order valence-electron chi connectivity index (χ4n) is 3.07. The highest BCUT2D eigenvalue weighted by Gasteiger charge is 2.27. The molecule has 0 unspecified atom stereocenters. The van der Waals surface area contributed by atoms with Crippen LogP contribution in [0.1, 0.15) is 32.8 Å². The summed E-state index contributed by atoms with van der Waals surface area (Å²) in [6.45, 7) is 9.02. The van der Waals surface area contributed by atoms with E-state index in [1.807, 2.05) is 0 Å². The zero-order chi connectivity index (χ0) is 16.4. The van der Waals surface area contributed by atoms with Crippen LogP contribution in [-0.2, 0) is 0 Å². The Morgan fingerprint density at radius 2 is 1.48 bits per heavy atom. The molecule has 0 N–H and O–H groups in total. The van der Waals surface area contributed by atoms with Crippen LogP contribution in [0.3, 0.4) is 0 Å². The van der Waals surface area contributed by atoms with Gasteiger partial charge in [0.15, 0.2) is 0 Å². The second-order valence-electron chi connectivity index (χ2n) is 6.84. The molecule has 3 rings (SSSR count). The van der Waals surface area contributed by atoms with Crippen molar-refractivity contribution >= 4 is 22.1 Å². The Morgan fingerprint density at radius 3 is 2.17 bits per heavy atom. The summed E-state index contributed by atoms with van der Waals surface area (Å²) in [6, 6.07) is 24.1. The first-order valence-electron chi connectivity index (χ1n) is 8.37. The molecule has 0 heterocycles. The van der Waals surface area contributed by atoms with E-state index in [2.05, 4.69) is 99.3 Å². The van der Waals surface area contributed by atoms with Gasteiger partial charge in [-0.3, -0.25) is 0 Å². The van der Waals surface area contributed by atoms with Gasteiger partial charge in [-0.1, -0.05) is 61.0 Å². The highest BCUT2D eigenvalue weighted by molar-refractivity contribution is 5.96. The maximum atomic E-state index is 2.48. The Bertz CT molecular complexity index is 794. The molecule has 0 aromatic heterocycles. The van der Waals surface area contributed by atoms with Gasteiger partial charge in [-0.15, -0.1) is 0 Å². The zero-order valence-corrected chi connectivity index (χ0v) is 14.5. The van der Waals surface area contributed by atoms with Crippen LogP contribution in [0.5, 0.6) is 0 Å². The molecule has 0 aliphatic rings. The van der Waals surface area contributed by atoms with E-state index < -0.39 is 0 Å². The number of aryl methyl sites for hydroxylation is 1. The van der Waals surface area contributed by atoms with Crippen LogP contribution < -0.4 is 4.90 Å². The van der Waals surface area contributed by atoms with Gasteiger partial charge in [0.1, 0.15) is 0 Å². The predicted octanol–water partition coefficient (Wildman–Crippen LogP) is 6.47. The normalized spacial score (nSPS) is 11.7. The number of fused-ring (bicyclic) bond motifs is 1. The fraction of sp³-hybridized carbons (Fsp3) is 0.273. The molecule has 23 heavy (non-hydrogen) atoms. The molecular weight excluding hydrogens is 278 g/mol. The largest absolute Gasteiger partial charge is 0.335 e. The molecule has 0 amide bonds. The number of nitrogens with zero attached hydrogens (tertiary/aromatic N) is 1. The van der Waals surface area contributed by atoms with Crippen molar-refractivity contribution in [2.45, 2.75) is 39.7 Å². The fourth-order valence-corrected chi connectivity index (χ4v) is 3.07. The van der Waals surface area contributed by atoms with Crippen molar-refractivity contribution in [1.82, 2.24) is 0 Å². The van der Waals surface area contributed by atoms with E-state index in [0.29, 0.717) is 0 Å². The van der Waals surface area contributed by atoms with Gasteiger partial charge in [0.25, 0.3) is 0 Å². The number of hydrogen-bond donors (Lipinski definition) is 0. The van der Waals surface area contributed by atoms with E-state index in [4.69, 9.17) is 0 Å². The van der Waals surface area contributed by atoms with Gasteiger partial charge in [-0.25, -0.2) is 0 Å². The van der Waals surface area contributed by atoms with Crippen LogP contribution in [0.25, 0.3) is 10.8 Å². The molecule has 0 atom stereocenters. The second-order valence-corrected chi connectivity index (χ2v) is 6.84. The Kier molecular flexibility index (Phi) is 4.12. The van der Waals surface area contributed by atoms with Crippen molar-refractivity contribution in [2.75, 3.05) is 4.90 Å². The van der Waals surface area contributed by atoms with Gasteiger partial charge in [-0.2, -0.15) is 0 Å². The van der Waals surface area contributed by atoms with Crippen LogP contribution in [0.4, 0.5) is 11.4 Å². The lowest BCUT2D eigenvalue weighted by Gasteiger charge is -2.40. The van der Waals surface area contributed by atoms with Crippen LogP contribution in [0, 0.1) is 6.92 Å². The SMILES string of the molecule is CCC(C)(C)N(c1ccc(C)cc1)c1cccc2ccccc12. The topological polar surface area (TPSA) is 3.24 Å². The third kappa shape index (κ3) is 2.96. The summed E-state index contributed by atoms with van der Waals surface area (Å²) in [5, 5.41) is 2.59. The number of benzene rings is 3. The van der Waals surface area contributed by atoms with Crippen LogP contribution in [-0.4, -0.2) is 5.54 Å². The van der Waals surface area contributed by atoms with E-state index >= 15 is 0 Å². The molecule has 0 aliphatic heterocycles. The summed E-state index contributed by atoms with van der Waals surface area (Å²) < 4.78 is 0. The van der Waals surface area contributed by atoms with Gasteiger partial charge < -0.3 is 4.90 Å². The third-order valence-corrected chi connectivity index (χ3v) is 4.77. The van der Waals surface area contributed by atoms with Crippen LogP contribution in [0.15, 0.2) is 66.7 Å². The first-order valence-corrected chi connectivity index (χ1v) is 8.37.